The lowest BCUT2D eigenvalue weighted by Gasteiger charge is -2.11. The number of ether oxygens (including phenoxy) is 1. The van der Waals surface area contributed by atoms with Crippen molar-refractivity contribution in [2.24, 2.45) is 4.99 Å². The van der Waals surface area contributed by atoms with Crippen LogP contribution in [-0.2, 0) is 17.5 Å². The van der Waals surface area contributed by atoms with Crippen molar-refractivity contribution in [2.45, 2.75) is 19.6 Å². The lowest BCUT2D eigenvalue weighted by atomic mass is 10.1. The Kier molecular flexibility index (Phi) is 6.10. The molecule has 2 aromatic rings. The van der Waals surface area contributed by atoms with Gasteiger partial charge in [0.25, 0.3) is 11.9 Å². The summed E-state index contributed by atoms with van der Waals surface area (Å²) in [4.78, 5) is 20.4. The molecule has 0 fully saturated rings. The second kappa shape index (κ2) is 8.27. The molecule has 5 nitrogen and oxygen atoms in total. The molecule has 1 aromatic heterocycles. The molecule has 0 aliphatic heterocycles. The Morgan fingerprint density at radius 1 is 1.24 bits per heavy atom. The number of halogens is 3. The third kappa shape index (κ3) is 5.59. The summed E-state index contributed by atoms with van der Waals surface area (Å²) < 4.78 is 43.4. The predicted octanol–water partition coefficient (Wildman–Crippen LogP) is 3.42. The maximum Gasteiger partial charge on any atom is 0.416 e. The number of aliphatic imine (C=N–C) groups is 1. The number of hydrogen-bond acceptors (Lipinski definition) is 4. The summed E-state index contributed by atoms with van der Waals surface area (Å²) in [6, 6.07) is 9.35. The van der Waals surface area contributed by atoms with Crippen LogP contribution in [0.25, 0.3) is 0 Å². The molecule has 0 saturated carbocycles. The summed E-state index contributed by atoms with van der Waals surface area (Å²) in [5, 5.41) is 2.38. The number of pyridine rings is 1. The minimum absolute atomic E-state index is 0.0736. The van der Waals surface area contributed by atoms with Crippen molar-refractivity contribution in [2.75, 3.05) is 6.61 Å². The van der Waals surface area contributed by atoms with Crippen LogP contribution >= 0.6 is 0 Å². The van der Waals surface area contributed by atoms with Crippen LogP contribution in [0.3, 0.4) is 0 Å². The van der Waals surface area contributed by atoms with Crippen LogP contribution in [0.1, 0.15) is 28.5 Å². The monoisotopic (exact) mass is 351 g/mol. The van der Waals surface area contributed by atoms with Crippen molar-refractivity contribution in [1.29, 1.82) is 0 Å². The zero-order valence-corrected chi connectivity index (χ0v) is 13.4. The van der Waals surface area contributed by atoms with Gasteiger partial charge < -0.3 is 4.74 Å². The van der Waals surface area contributed by atoms with Gasteiger partial charge in [0.15, 0.2) is 0 Å². The first-order valence-electron chi connectivity index (χ1n) is 7.46. The standard InChI is InChI=1S/C17H16F3N3O2/c1-2-25-16(22-11-14-8-3-4-9-21-14)23-15(24)12-6-5-7-13(10-12)17(18,19)20/h3-10H,2,11H2,1H3,(H,22,23,24). The van der Waals surface area contributed by atoms with E-state index in [1.54, 1.807) is 31.3 Å². The number of hydrogen-bond donors (Lipinski definition) is 1. The quantitative estimate of drug-likeness (QED) is 0.678. The number of carbonyl (C=O) groups excluding carboxylic acids is 1. The largest absolute Gasteiger partial charge is 0.465 e. The van der Waals surface area contributed by atoms with Crippen molar-refractivity contribution in [3.05, 3.63) is 65.5 Å². The van der Waals surface area contributed by atoms with E-state index in [9.17, 15) is 18.0 Å². The molecule has 8 heteroatoms. The first-order valence-corrected chi connectivity index (χ1v) is 7.46. The van der Waals surface area contributed by atoms with Gasteiger partial charge in [0, 0.05) is 11.8 Å². The molecule has 132 valence electrons. The summed E-state index contributed by atoms with van der Waals surface area (Å²) in [6.07, 6.45) is -2.92. The lowest BCUT2D eigenvalue weighted by Crippen LogP contribution is -2.33. The van der Waals surface area contributed by atoms with Crippen molar-refractivity contribution in [1.82, 2.24) is 10.3 Å². The Labute approximate surface area is 142 Å². The van der Waals surface area contributed by atoms with E-state index < -0.39 is 17.6 Å². The van der Waals surface area contributed by atoms with Gasteiger partial charge in [-0.2, -0.15) is 13.2 Å². The Hall–Kier alpha value is -2.90. The summed E-state index contributed by atoms with van der Waals surface area (Å²) in [5.41, 5.74) is -0.378. The van der Waals surface area contributed by atoms with Gasteiger partial charge in [-0.05, 0) is 37.3 Å². The molecule has 0 spiro atoms. The van der Waals surface area contributed by atoms with E-state index in [1.165, 1.54) is 12.1 Å². The van der Waals surface area contributed by atoms with Crippen LogP contribution in [-0.4, -0.2) is 23.5 Å². The molecular formula is C17H16F3N3O2. The van der Waals surface area contributed by atoms with Crippen LogP contribution in [0, 0.1) is 0 Å². The smallest absolute Gasteiger partial charge is 0.416 e. The first-order chi connectivity index (χ1) is 11.9. The Morgan fingerprint density at radius 3 is 2.68 bits per heavy atom. The molecular weight excluding hydrogens is 335 g/mol. The highest BCUT2D eigenvalue weighted by molar-refractivity contribution is 6.04. The Bertz CT molecular complexity index is 746. The molecule has 0 bridgehead atoms. The summed E-state index contributed by atoms with van der Waals surface area (Å²) in [6.45, 7) is 2.11. The maximum atomic E-state index is 12.7. The van der Waals surface area contributed by atoms with Gasteiger partial charge in [-0.25, -0.2) is 4.99 Å². The molecule has 0 unspecified atom stereocenters. The number of carbonyl (C=O) groups is 1. The minimum Gasteiger partial charge on any atom is -0.465 e. The average Bonchev–Trinajstić information content (AvgIpc) is 2.60. The number of amides is 1. The zero-order chi connectivity index (χ0) is 18.3. The van der Waals surface area contributed by atoms with Gasteiger partial charge in [0.1, 0.15) is 0 Å². The van der Waals surface area contributed by atoms with E-state index in [1.807, 2.05) is 0 Å². The molecule has 1 heterocycles. The average molecular weight is 351 g/mol. The van der Waals surface area contributed by atoms with E-state index in [0.29, 0.717) is 5.69 Å². The van der Waals surface area contributed by atoms with Gasteiger partial charge in [0.2, 0.25) is 0 Å². The Morgan fingerprint density at radius 2 is 2.04 bits per heavy atom. The van der Waals surface area contributed by atoms with Crippen LogP contribution < -0.4 is 5.32 Å². The fourth-order valence-electron chi connectivity index (χ4n) is 1.91. The van der Waals surface area contributed by atoms with Gasteiger partial charge in [-0.15, -0.1) is 0 Å². The fraction of sp³-hybridized carbons (Fsp3) is 0.235. The minimum atomic E-state index is -4.52. The molecule has 0 aliphatic carbocycles. The van der Waals surface area contributed by atoms with E-state index in [4.69, 9.17) is 4.74 Å². The lowest BCUT2D eigenvalue weighted by molar-refractivity contribution is -0.137. The van der Waals surface area contributed by atoms with E-state index in [-0.39, 0.29) is 24.7 Å². The molecule has 0 radical (unpaired) electrons. The van der Waals surface area contributed by atoms with E-state index in [2.05, 4.69) is 15.3 Å². The van der Waals surface area contributed by atoms with Crippen molar-refractivity contribution in [3.8, 4) is 0 Å². The number of aromatic nitrogens is 1. The second-order valence-corrected chi connectivity index (χ2v) is 4.91. The number of nitrogens with one attached hydrogen (secondary N) is 1. The van der Waals surface area contributed by atoms with Gasteiger partial charge in [0.05, 0.1) is 24.4 Å². The predicted molar refractivity (Wildman–Crippen MR) is 85.9 cm³/mol. The number of benzene rings is 1. The van der Waals surface area contributed by atoms with Crippen molar-refractivity contribution >= 4 is 11.9 Å². The SMILES string of the molecule is CCOC(=NCc1ccccn1)NC(=O)c1cccc(C(F)(F)F)c1. The third-order valence-corrected chi connectivity index (χ3v) is 3.06. The highest BCUT2D eigenvalue weighted by Gasteiger charge is 2.31. The van der Waals surface area contributed by atoms with Crippen LogP contribution in [0.2, 0.25) is 0 Å². The zero-order valence-electron chi connectivity index (χ0n) is 13.4. The molecule has 0 aliphatic rings. The highest BCUT2D eigenvalue weighted by Crippen LogP contribution is 2.29. The summed E-state index contributed by atoms with van der Waals surface area (Å²) in [5.74, 6) is -0.737. The molecule has 0 atom stereocenters. The molecule has 1 aromatic carbocycles. The molecule has 0 saturated heterocycles. The second-order valence-electron chi connectivity index (χ2n) is 4.91. The van der Waals surface area contributed by atoms with Crippen LogP contribution in [0.4, 0.5) is 13.2 Å². The number of alkyl halides is 3. The molecule has 1 amide bonds. The molecule has 25 heavy (non-hydrogen) atoms. The topological polar surface area (TPSA) is 63.6 Å². The highest BCUT2D eigenvalue weighted by atomic mass is 19.4. The van der Waals surface area contributed by atoms with Crippen molar-refractivity contribution < 1.29 is 22.7 Å². The third-order valence-electron chi connectivity index (χ3n) is 3.06. The van der Waals surface area contributed by atoms with E-state index >= 15 is 0 Å². The molecule has 2 rings (SSSR count). The van der Waals surface area contributed by atoms with Gasteiger partial charge >= 0.3 is 6.18 Å². The molecule has 1 N–H and O–H groups in total. The summed E-state index contributed by atoms with van der Waals surface area (Å²) >= 11 is 0. The summed E-state index contributed by atoms with van der Waals surface area (Å²) in [7, 11) is 0. The Balaban J connectivity index is 2.12. The first kappa shape index (κ1) is 18.4. The van der Waals surface area contributed by atoms with Crippen molar-refractivity contribution in [3.63, 3.8) is 0 Å². The fourth-order valence-corrected chi connectivity index (χ4v) is 1.91. The van der Waals surface area contributed by atoms with Crippen LogP contribution in [0.15, 0.2) is 53.7 Å². The number of nitrogens with zero attached hydrogens (tertiary/aromatic N) is 2. The van der Waals surface area contributed by atoms with Gasteiger partial charge in [-0.3, -0.25) is 15.1 Å². The maximum absolute atomic E-state index is 12.7. The number of amidine groups is 1. The van der Waals surface area contributed by atoms with Crippen LogP contribution in [0.5, 0.6) is 0 Å². The normalized spacial score (nSPS) is 11.9. The van der Waals surface area contributed by atoms with E-state index in [0.717, 1.165) is 12.1 Å². The number of rotatable bonds is 4. The van der Waals surface area contributed by atoms with Gasteiger partial charge in [-0.1, -0.05) is 12.1 Å².